The van der Waals surface area contributed by atoms with E-state index in [0.717, 1.165) is 12.5 Å². The molecule has 3 nitrogen and oxygen atoms in total. The molecule has 0 spiro atoms. The van der Waals surface area contributed by atoms with Crippen molar-refractivity contribution in [3.8, 4) is 0 Å². The first-order chi connectivity index (χ1) is 8.79. The number of rotatable bonds is 7. The number of nitrogens with one attached hydrogen (secondary N) is 1. The first kappa shape index (κ1) is 13.1. The highest BCUT2D eigenvalue weighted by molar-refractivity contribution is 5.69. The predicted molar refractivity (Wildman–Crippen MR) is 71.4 cm³/mol. The molecule has 0 radical (unpaired) electrons. The highest BCUT2D eigenvalue weighted by atomic mass is 16.5. The van der Waals surface area contributed by atoms with Crippen molar-refractivity contribution in [2.75, 3.05) is 13.2 Å². The summed E-state index contributed by atoms with van der Waals surface area (Å²) in [4.78, 5) is 11.1. The lowest BCUT2D eigenvalue weighted by Crippen LogP contribution is -2.19. The van der Waals surface area contributed by atoms with E-state index in [2.05, 4.69) is 29.6 Å². The van der Waals surface area contributed by atoms with Gasteiger partial charge in [0, 0.05) is 13.1 Å². The molecule has 0 aliphatic heterocycles. The van der Waals surface area contributed by atoms with E-state index in [9.17, 15) is 4.79 Å². The molecule has 0 saturated heterocycles. The molecule has 1 fully saturated rings. The average Bonchev–Trinajstić information content (AvgIpc) is 3.20. The highest BCUT2D eigenvalue weighted by Crippen LogP contribution is 2.39. The van der Waals surface area contributed by atoms with Gasteiger partial charge in [-0.15, -0.1) is 0 Å². The molecule has 1 N–H and O–H groups in total. The summed E-state index contributed by atoms with van der Waals surface area (Å²) in [6, 6.07) is 8.79. The lowest BCUT2D eigenvalue weighted by molar-refractivity contribution is -0.142. The van der Waals surface area contributed by atoms with Crippen LogP contribution in [0, 0.1) is 0 Å². The Morgan fingerprint density at radius 3 is 2.67 bits per heavy atom. The summed E-state index contributed by atoms with van der Waals surface area (Å²) >= 11 is 0. The Balaban J connectivity index is 1.65. The second kappa shape index (κ2) is 6.55. The maximum atomic E-state index is 11.1. The molecule has 0 amide bonds. The maximum Gasteiger partial charge on any atom is 0.307 e. The zero-order valence-corrected chi connectivity index (χ0v) is 10.9. The van der Waals surface area contributed by atoms with Crippen LogP contribution < -0.4 is 5.32 Å². The molecular formula is C15H21NO2. The molecule has 0 unspecified atom stereocenters. The van der Waals surface area contributed by atoms with Crippen LogP contribution in [0.15, 0.2) is 24.3 Å². The van der Waals surface area contributed by atoms with Crippen molar-refractivity contribution in [1.29, 1.82) is 0 Å². The number of carbonyl (C=O) groups is 1. The third-order valence-corrected chi connectivity index (χ3v) is 3.17. The third-order valence-electron chi connectivity index (χ3n) is 3.17. The molecule has 0 bridgehead atoms. The monoisotopic (exact) mass is 247 g/mol. The molecule has 0 atom stereocenters. The largest absolute Gasteiger partial charge is 0.466 e. The minimum absolute atomic E-state index is 0.130. The van der Waals surface area contributed by atoms with E-state index in [1.165, 1.54) is 24.0 Å². The topological polar surface area (TPSA) is 38.3 Å². The molecule has 1 aliphatic rings. The van der Waals surface area contributed by atoms with Gasteiger partial charge in [0.05, 0.1) is 13.0 Å². The molecule has 1 aliphatic carbocycles. The summed E-state index contributed by atoms with van der Waals surface area (Å²) in [7, 11) is 0. The lowest BCUT2D eigenvalue weighted by Gasteiger charge is -2.06. The van der Waals surface area contributed by atoms with E-state index in [-0.39, 0.29) is 5.97 Å². The molecule has 98 valence electrons. The molecular weight excluding hydrogens is 226 g/mol. The molecule has 3 heteroatoms. The zero-order chi connectivity index (χ0) is 12.8. The minimum Gasteiger partial charge on any atom is -0.466 e. The summed E-state index contributed by atoms with van der Waals surface area (Å²) in [5, 5.41) is 3.25. The van der Waals surface area contributed by atoms with Gasteiger partial charge >= 0.3 is 5.97 Å². The second-order valence-corrected chi connectivity index (χ2v) is 4.75. The standard InChI is InChI=1S/C15H21NO2/c1-2-18-15(17)9-10-16-11-12-3-5-13(6-4-12)14-7-8-14/h3-6,14,16H,2,7-11H2,1H3. The Bertz CT molecular complexity index is 382. The second-order valence-electron chi connectivity index (χ2n) is 4.75. The lowest BCUT2D eigenvalue weighted by atomic mass is 10.1. The van der Waals surface area contributed by atoms with Gasteiger partial charge in [0.2, 0.25) is 0 Å². The summed E-state index contributed by atoms with van der Waals surface area (Å²) in [5.74, 6) is 0.685. The van der Waals surface area contributed by atoms with E-state index >= 15 is 0 Å². The zero-order valence-electron chi connectivity index (χ0n) is 10.9. The average molecular weight is 247 g/mol. The van der Waals surface area contributed by atoms with Crippen molar-refractivity contribution < 1.29 is 9.53 Å². The van der Waals surface area contributed by atoms with Gasteiger partial charge in [0.25, 0.3) is 0 Å². The first-order valence-corrected chi connectivity index (χ1v) is 6.74. The van der Waals surface area contributed by atoms with E-state index in [1.807, 2.05) is 6.92 Å². The van der Waals surface area contributed by atoms with Gasteiger partial charge in [-0.25, -0.2) is 0 Å². The van der Waals surface area contributed by atoms with Crippen LogP contribution >= 0.6 is 0 Å². The third kappa shape index (κ3) is 4.15. The van der Waals surface area contributed by atoms with E-state index < -0.39 is 0 Å². The van der Waals surface area contributed by atoms with Crippen LogP contribution in [-0.4, -0.2) is 19.1 Å². The SMILES string of the molecule is CCOC(=O)CCNCc1ccc(C2CC2)cc1. The molecule has 18 heavy (non-hydrogen) atoms. The van der Waals surface area contributed by atoms with Crippen LogP contribution in [0.1, 0.15) is 43.2 Å². The Kier molecular flexibility index (Phi) is 4.76. The van der Waals surface area contributed by atoms with Crippen LogP contribution in [0.25, 0.3) is 0 Å². The normalized spacial score (nSPS) is 14.5. The first-order valence-electron chi connectivity index (χ1n) is 6.74. The van der Waals surface area contributed by atoms with Gasteiger partial charge < -0.3 is 10.1 Å². The Morgan fingerprint density at radius 1 is 1.33 bits per heavy atom. The van der Waals surface area contributed by atoms with Crippen molar-refractivity contribution in [2.24, 2.45) is 0 Å². The quantitative estimate of drug-likeness (QED) is 0.594. The van der Waals surface area contributed by atoms with Crippen LogP contribution in [0.3, 0.4) is 0 Å². The van der Waals surface area contributed by atoms with Crippen LogP contribution in [0.5, 0.6) is 0 Å². The number of carbonyl (C=O) groups excluding carboxylic acids is 1. The van der Waals surface area contributed by atoms with E-state index in [1.54, 1.807) is 0 Å². The summed E-state index contributed by atoms with van der Waals surface area (Å²) in [5.41, 5.74) is 2.73. The van der Waals surface area contributed by atoms with Gasteiger partial charge in [-0.3, -0.25) is 4.79 Å². The molecule has 1 saturated carbocycles. The van der Waals surface area contributed by atoms with Crippen molar-refractivity contribution in [1.82, 2.24) is 5.32 Å². The molecule has 2 rings (SSSR count). The maximum absolute atomic E-state index is 11.1. The molecule has 0 heterocycles. The van der Waals surface area contributed by atoms with Crippen molar-refractivity contribution >= 4 is 5.97 Å². The van der Waals surface area contributed by atoms with E-state index in [4.69, 9.17) is 4.74 Å². The minimum atomic E-state index is -0.130. The fraction of sp³-hybridized carbons (Fsp3) is 0.533. The van der Waals surface area contributed by atoms with Crippen molar-refractivity contribution in [2.45, 2.75) is 38.6 Å². The number of esters is 1. The number of ether oxygens (including phenoxy) is 1. The summed E-state index contributed by atoms with van der Waals surface area (Å²) in [6.45, 7) is 3.77. The summed E-state index contributed by atoms with van der Waals surface area (Å²) < 4.78 is 4.86. The van der Waals surface area contributed by atoms with Crippen LogP contribution in [-0.2, 0) is 16.1 Å². The molecule has 0 aromatic heterocycles. The van der Waals surface area contributed by atoms with Gasteiger partial charge in [0.1, 0.15) is 0 Å². The van der Waals surface area contributed by atoms with Crippen molar-refractivity contribution in [3.05, 3.63) is 35.4 Å². The van der Waals surface area contributed by atoms with Crippen molar-refractivity contribution in [3.63, 3.8) is 0 Å². The van der Waals surface area contributed by atoms with Gasteiger partial charge in [-0.1, -0.05) is 24.3 Å². The van der Waals surface area contributed by atoms with Crippen LogP contribution in [0.2, 0.25) is 0 Å². The van der Waals surface area contributed by atoms with E-state index in [0.29, 0.717) is 19.6 Å². The number of hydrogen-bond acceptors (Lipinski definition) is 3. The molecule has 1 aromatic rings. The smallest absolute Gasteiger partial charge is 0.307 e. The number of benzene rings is 1. The van der Waals surface area contributed by atoms with Gasteiger partial charge in [-0.2, -0.15) is 0 Å². The Hall–Kier alpha value is -1.35. The highest BCUT2D eigenvalue weighted by Gasteiger charge is 2.22. The predicted octanol–water partition coefficient (Wildman–Crippen LogP) is 2.61. The Labute approximate surface area is 109 Å². The molecule has 1 aromatic carbocycles. The van der Waals surface area contributed by atoms with Gasteiger partial charge in [0.15, 0.2) is 0 Å². The van der Waals surface area contributed by atoms with Crippen LogP contribution in [0.4, 0.5) is 0 Å². The number of hydrogen-bond donors (Lipinski definition) is 1. The Morgan fingerprint density at radius 2 is 2.06 bits per heavy atom. The summed E-state index contributed by atoms with van der Waals surface area (Å²) in [6.07, 6.45) is 3.13. The fourth-order valence-electron chi connectivity index (χ4n) is 1.98. The fourth-order valence-corrected chi connectivity index (χ4v) is 1.98. The van der Waals surface area contributed by atoms with Gasteiger partial charge in [-0.05, 0) is 36.8 Å².